The Labute approximate surface area is 226 Å². The van der Waals surface area contributed by atoms with Crippen LogP contribution in [0.2, 0.25) is 5.02 Å². The first kappa shape index (κ1) is 27.9. The Morgan fingerprint density at radius 2 is 1.87 bits per heavy atom. The summed E-state index contributed by atoms with van der Waals surface area (Å²) in [6.07, 6.45) is -0.463. The number of aliphatic hydroxyl groups excluding tert-OH is 3. The lowest BCUT2D eigenvalue weighted by Crippen LogP contribution is -2.56. The molecular formula is C28H33ClN2O7. The van der Waals surface area contributed by atoms with Crippen molar-refractivity contribution in [1.29, 1.82) is 0 Å². The van der Waals surface area contributed by atoms with Gasteiger partial charge < -0.3 is 35.0 Å². The van der Waals surface area contributed by atoms with Crippen LogP contribution in [0.1, 0.15) is 36.5 Å². The van der Waals surface area contributed by atoms with E-state index in [1.54, 1.807) is 49.1 Å². The van der Waals surface area contributed by atoms with E-state index in [9.17, 15) is 24.9 Å². The van der Waals surface area contributed by atoms with E-state index >= 15 is 0 Å². The fourth-order valence-electron chi connectivity index (χ4n) is 5.07. The second-order valence-corrected chi connectivity index (χ2v) is 10.2. The van der Waals surface area contributed by atoms with Gasteiger partial charge in [-0.05, 0) is 41.5 Å². The Bertz CT molecular complexity index is 1210. The van der Waals surface area contributed by atoms with Crippen LogP contribution < -0.4 is 14.8 Å². The molecule has 1 aliphatic heterocycles. The van der Waals surface area contributed by atoms with Crippen molar-refractivity contribution in [3.63, 3.8) is 0 Å². The van der Waals surface area contributed by atoms with Crippen molar-refractivity contribution < 1.29 is 34.4 Å². The van der Waals surface area contributed by atoms with Crippen LogP contribution in [0.4, 0.5) is 0 Å². The molecule has 204 valence electrons. The lowest BCUT2D eigenvalue weighted by atomic mass is 9.77. The number of hydrogen-bond donors (Lipinski definition) is 4. The van der Waals surface area contributed by atoms with Crippen LogP contribution in [0.25, 0.3) is 0 Å². The zero-order valence-electron chi connectivity index (χ0n) is 21.6. The van der Waals surface area contributed by atoms with E-state index < -0.39 is 30.1 Å². The molecule has 0 fully saturated rings. The molecule has 0 spiro atoms. The fourth-order valence-corrected chi connectivity index (χ4v) is 5.19. The monoisotopic (exact) mass is 544 g/mol. The van der Waals surface area contributed by atoms with E-state index in [1.165, 1.54) is 7.11 Å². The molecule has 2 aromatic rings. The topological polar surface area (TPSA) is 129 Å². The summed E-state index contributed by atoms with van der Waals surface area (Å²) in [4.78, 5) is 28.4. The average molecular weight is 545 g/mol. The van der Waals surface area contributed by atoms with Gasteiger partial charge in [0.1, 0.15) is 12.2 Å². The molecule has 2 amide bonds. The highest BCUT2D eigenvalue weighted by atomic mass is 35.5. The average Bonchev–Trinajstić information content (AvgIpc) is 3.31. The van der Waals surface area contributed by atoms with E-state index in [2.05, 4.69) is 5.32 Å². The molecule has 0 saturated carbocycles. The Morgan fingerprint density at radius 1 is 1.16 bits per heavy atom. The lowest BCUT2D eigenvalue weighted by Gasteiger charge is -2.41. The maximum Gasteiger partial charge on any atom is 0.247 e. The van der Waals surface area contributed by atoms with E-state index in [0.29, 0.717) is 33.2 Å². The van der Waals surface area contributed by atoms with Crippen molar-refractivity contribution in [3.05, 3.63) is 69.8 Å². The number of hydrogen-bond acceptors (Lipinski definition) is 7. The predicted molar refractivity (Wildman–Crippen MR) is 141 cm³/mol. The highest BCUT2D eigenvalue weighted by Gasteiger charge is 2.51. The smallest absolute Gasteiger partial charge is 0.247 e. The summed E-state index contributed by atoms with van der Waals surface area (Å²) in [6.45, 7) is 3.27. The number of halogens is 1. The molecule has 2 aromatic carbocycles. The minimum absolute atomic E-state index is 0.0356. The summed E-state index contributed by atoms with van der Waals surface area (Å²) in [5.41, 5.74) is 2.27. The molecule has 2 aliphatic rings. The van der Waals surface area contributed by atoms with Gasteiger partial charge in [0.05, 0.1) is 32.3 Å². The third-order valence-corrected chi connectivity index (χ3v) is 7.15. The van der Waals surface area contributed by atoms with Crippen LogP contribution in [-0.4, -0.2) is 70.5 Å². The van der Waals surface area contributed by atoms with E-state index in [1.807, 2.05) is 12.1 Å². The first-order chi connectivity index (χ1) is 18.2. The van der Waals surface area contributed by atoms with Crippen LogP contribution in [0, 0.1) is 5.92 Å². The van der Waals surface area contributed by atoms with Gasteiger partial charge in [0.25, 0.3) is 0 Å². The molecule has 4 N–H and O–H groups in total. The first-order valence-corrected chi connectivity index (χ1v) is 12.9. The summed E-state index contributed by atoms with van der Waals surface area (Å²) in [7, 11) is 1.47. The lowest BCUT2D eigenvalue weighted by molar-refractivity contribution is -0.141. The van der Waals surface area contributed by atoms with Gasteiger partial charge in [-0.2, -0.15) is 0 Å². The second-order valence-electron chi connectivity index (χ2n) is 9.76. The standard InChI is InChI=1S/C28H33ClN2O7/c1-15(2)28(36)31(13-16-4-6-18(29)7-5-16)21-12-20(27(35)30-8-9-32)23-19-10-17(14-33)11-22(37-3)25(19)38-26(23)24(21)34/h4-7,10-12,15,21,23-24,26,32-34H,8-9,13-14H2,1-3H3,(H,30,35). The molecule has 1 aliphatic carbocycles. The fraction of sp³-hybridized carbons (Fsp3) is 0.429. The number of amides is 2. The molecule has 0 saturated heterocycles. The number of aliphatic hydroxyl groups is 3. The van der Waals surface area contributed by atoms with Crippen LogP contribution in [0.5, 0.6) is 11.5 Å². The molecule has 0 aromatic heterocycles. The number of nitrogens with zero attached hydrogens (tertiary/aromatic N) is 1. The van der Waals surface area contributed by atoms with Gasteiger partial charge in [0.2, 0.25) is 11.8 Å². The minimum Gasteiger partial charge on any atom is -0.493 e. The van der Waals surface area contributed by atoms with Crippen molar-refractivity contribution in [2.45, 2.75) is 51.2 Å². The van der Waals surface area contributed by atoms with Crippen molar-refractivity contribution in [3.8, 4) is 11.5 Å². The molecular weight excluding hydrogens is 512 g/mol. The number of rotatable bonds is 9. The molecule has 10 heteroatoms. The van der Waals surface area contributed by atoms with Crippen LogP contribution in [0.15, 0.2) is 48.0 Å². The predicted octanol–water partition coefficient (Wildman–Crippen LogP) is 2.15. The van der Waals surface area contributed by atoms with Crippen LogP contribution in [-0.2, 0) is 22.7 Å². The second kappa shape index (κ2) is 11.7. The Balaban J connectivity index is 1.82. The molecule has 4 atom stereocenters. The maximum atomic E-state index is 13.4. The van der Waals surface area contributed by atoms with Crippen molar-refractivity contribution in [2.75, 3.05) is 20.3 Å². The molecule has 4 unspecified atom stereocenters. The molecule has 1 heterocycles. The highest BCUT2D eigenvalue weighted by molar-refractivity contribution is 6.30. The van der Waals surface area contributed by atoms with E-state index in [0.717, 1.165) is 5.56 Å². The number of benzene rings is 2. The van der Waals surface area contributed by atoms with Gasteiger partial charge in [-0.25, -0.2) is 0 Å². The summed E-state index contributed by atoms with van der Waals surface area (Å²) < 4.78 is 11.7. The van der Waals surface area contributed by atoms with Crippen molar-refractivity contribution in [2.24, 2.45) is 5.92 Å². The zero-order chi connectivity index (χ0) is 27.6. The Morgan fingerprint density at radius 3 is 2.47 bits per heavy atom. The number of methoxy groups -OCH3 is 1. The molecule has 38 heavy (non-hydrogen) atoms. The van der Waals surface area contributed by atoms with Gasteiger partial charge in [0.15, 0.2) is 11.5 Å². The number of carbonyl (C=O) groups excluding carboxylic acids is 2. The van der Waals surface area contributed by atoms with Gasteiger partial charge >= 0.3 is 0 Å². The third-order valence-electron chi connectivity index (χ3n) is 6.90. The number of fused-ring (bicyclic) bond motifs is 3. The number of ether oxygens (including phenoxy) is 2. The molecule has 0 radical (unpaired) electrons. The van der Waals surface area contributed by atoms with Gasteiger partial charge in [-0.3, -0.25) is 9.59 Å². The van der Waals surface area contributed by atoms with Gasteiger partial charge in [-0.15, -0.1) is 0 Å². The highest BCUT2D eigenvalue weighted by Crippen LogP contribution is 2.51. The quantitative estimate of drug-likeness (QED) is 0.381. The molecule has 4 rings (SSSR count). The van der Waals surface area contributed by atoms with Crippen molar-refractivity contribution >= 4 is 23.4 Å². The SMILES string of the molecule is COc1cc(CO)cc2c1OC1C2C(C(=O)NCCO)=CC(N(Cc2ccc(Cl)cc2)C(=O)C(C)C)C1O. The van der Waals surface area contributed by atoms with Crippen LogP contribution >= 0.6 is 11.6 Å². The minimum atomic E-state index is -1.18. The Hall–Kier alpha value is -3.11. The summed E-state index contributed by atoms with van der Waals surface area (Å²) >= 11 is 6.05. The zero-order valence-corrected chi connectivity index (χ0v) is 22.3. The van der Waals surface area contributed by atoms with Gasteiger partial charge in [0, 0.05) is 35.2 Å². The van der Waals surface area contributed by atoms with E-state index in [-0.39, 0.29) is 38.1 Å². The summed E-state index contributed by atoms with van der Waals surface area (Å²) in [6, 6.07) is 9.57. The summed E-state index contributed by atoms with van der Waals surface area (Å²) in [5.74, 6) is -0.956. The first-order valence-electron chi connectivity index (χ1n) is 12.5. The van der Waals surface area contributed by atoms with Gasteiger partial charge in [-0.1, -0.05) is 37.6 Å². The summed E-state index contributed by atoms with van der Waals surface area (Å²) in [5, 5.41) is 34.0. The number of nitrogens with one attached hydrogen (secondary N) is 1. The largest absolute Gasteiger partial charge is 0.493 e. The molecule has 9 nitrogen and oxygen atoms in total. The number of carbonyl (C=O) groups is 2. The normalized spacial score (nSPS) is 21.7. The molecule has 0 bridgehead atoms. The van der Waals surface area contributed by atoms with E-state index in [4.69, 9.17) is 21.1 Å². The van der Waals surface area contributed by atoms with Crippen molar-refractivity contribution in [1.82, 2.24) is 10.2 Å². The van der Waals surface area contributed by atoms with Crippen LogP contribution in [0.3, 0.4) is 0 Å². The Kier molecular flexibility index (Phi) is 8.62. The third kappa shape index (κ3) is 5.37. The maximum absolute atomic E-state index is 13.4.